The number of benzene rings is 1. The molecule has 0 radical (unpaired) electrons. The van der Waals surface area contributed by atoms with Crippen molar-refractivity contribution in [3.05, 3.63) is 30.0 Å². The van der Waals surface area contributed by atoms with Gasteiger partial charge in [0.25, 0.3) is 0 Å². The van der Waals surface area contributed by atoms with Gasteiger partial charge in [0.15, 0.2) is 0 Å². The first-order valence-electron chi connectivity index (χ1n) is 6.43. The Hall–Kier alpha value is -2.68. The maximum atomic E-state index is 10.9. The summed E-state index contributed by atoms with van der Waals surface area (Å²) >= 11 is 0. The average molecular weight is 270 g/mol. The van der Waals surface area contributed by atoms with E-state index in [1.807, 2.05) is 24.4 Å². The number of rotatable bonds is 1. The summed E-state index contributed by atoms with van der Waals surface area (Å²) in [6, 6.07) is 7.92. The van der Waals surface area contributed by atoms with Crippen LogP contribution in [0.5, 0.6) is 0 Å². The van der Waals surface area contributed by atoms with Crippen molar-refractivity contribution in [2.75, 3.05) is 31.1 Å². The van der Waals surface area contributed by atoms with Crippen LogP contribution < -0.4 is 4.90 Å². The van der Waals surface area contributed by atoms with Gasteiger partial charge < -0.3 is 19.9 Å². The molecule has 2 aromatic rings. The number of amides is 1. The van der Waals surface area contributed by atoms with Crippen molar-refractivity contribution in [2.45, 2.75) is 0 Å². The highest BCUT2D eigenvalue weighted by molar-refractivity contribution is 5.94. The van der Waals surface area contributed by atoms with Crippen LogP contribution in [0.4, 0.5) is 10.5 Å². The molecular formula is C14H14N4O2. The first-order valence-corrected chi connectivity index (χ1v) is 6.43. The molecule has 0 atom stereocenters. The van der Waals surface area contributed by atoms with Gasteiger partial charge in [-0.05, 0) is 12.1 Å². The quantitative estimate of drug-likeness (QED) is 0.828. The molecule has 0 unspecified atom stereocenters. The highest BCUT2D eigenvalue weighted by Crippen LogP contribution is 2.30. The predicted octanol–water partition coefficient (Wildman–Crippen LogP) is 1.84. The van der Waals surface area contributed by atoms with E-state index in [-0.39, 0.29) is 0 Å². The second-order valence-corrected chi connectivity index (χ2v) is 4.77. The molecule has 6 heteroatoms. The van der Waals surface area contributed by atoms with Crippen molar-refractivity contribution < 1.29 is 9.90 Å². The molecule has 0 spiro atoms. The summed E-state index contributed by atoms with van der Waals surface area (Å²) in [5.74, 6) is 0. The number of nitrogens with zero attached hydrogens (tertiary/aromatic N) is 3. The Morgan fingerprint density at radius 1 is 1.25 bits per heavy atom. The smallest absolute Gasteiger partial charge is 0.407 e. The number of carbonyl (C=O) groups is 1. The van der Waals surface area contributed by atoms with Crippen molar-refractivity contribution in [2.24, 2.45) is 0 Å². The van der Waals surface area contributed by atoms with Gasteiger partial charge in [0, 0.05) is 37.8 Å². The number of nitrogens with one attached hydrogen (secondary N) is 1. The Morgan fingerprint density at radius 2 is 2.00 bits per heavy atom. The third-order valence-electron chi connectivity index (χ3n) is 3.69. The molecule has 3 rings (SSSR count). The number of aromatic amines is 1. The third-order valence-corrected chi connectivity index (χ3v) is 3.69. The molecule has 1 aromatic carbocycles. The van der Waals surface area contributed by atoms with Crippen molar-refractivity contribution >= 4 is 22.7 Å². The molecule has 1 aliphatic rings. The van der Waals surface area contributed by atoms with E-state index in [0.29, 0.717) is 31.7 Å². The summed E-state index contributed by atoms with van der Waals surface area (Å²) in [7, 11) is 0. The van der Waals surface area contributed by atoms with Crippen molar-refractivity contribution in [1.29, 1.82) is 5.26 Å². The lowest BCUT2D eigenvalue weighted by Crippen LogP contribution is -2.48. The average Bonchev–Trinajstić information content (AvgIpc) is 2.94. The minimum absolute atomic E-state index is 0.456. The van der Waals surface area contributed by atoms with E-state index in [1.165, 1.54) is 4.90 Å². The number of fused-ring (bicyclic) bond motifs is 1. The van der Waals surface area contributed by atoms with Gasteiger partial charge >= 0.3 is 6.09 Å². The molecule has 1 aromatic heterocycles. The lowest BCUT2D eigenvalue weighted by Gasteiger charge is -2.35. The van der Waals surface area contributed by atoms with E-state index >= 15 is 0 Å². The highest BCUT2D eigenvalue weighted by Gasteiger charge is 2.23. The minimum atomic E-state index is -0.886. The fraction of sp³-hybridized carbons (Fsp3) is 0.286. The van der Waals surface area contributed by atoms with Crippen LogP contribution in [0.2, 0.25) is 0 Å². The van der Waals surface area contributed by atoms with E-state index in [1.54, 1.807) is 0 Å². The predicted molar refractivity (Wildman–Crippen MR) is 74.8 cm³/mol. The molecule has 1 aliphatic heterocycles. The summed E-state index contributed by atoms with van der Waals surface area (Å²) in [6.45, 7) is 2.10. The third kappa shape index (κ3) is 1.93. The lowest BCUT2D eigenvalue weighted by atomic mass is 10.1. The highest BCUT2D eigenvalue weighted by atomic mass is 16.4. The Bertz CT molecular complexity index is 693. The number of H-pyrrole nitrogens is 1. The Morgan fingerprint density at radius 3 is 2.65 bits per heavy atom. The molecule has 6 nitrogen and oxygen atoms in total. The van der Waals surface area contributed by atoms with Crippen LogP contribution in [-0.2, 0) is 0 Å². The second-order valence-electron chi connectivity index (χ2n) is 4.77. The van der Waals surface area contributed by atoms with E-state index < -0.39 is 6.09 Å². The number of nitriles is 1. The Kier molecular flexibility index (Phi) is 2.95. The van der Waals surface area contributed by atoms with Gasteiger partial charge in [-0.2, -0.15) is 5.26 Å². The van der Waals surface area contributed by atoms with E-state index in [4.69, 9.17) is 5.11 Å². The van der Waals surface area contributed by atoms with Crippen LogP contribution in [0.15, 0.2) is 24.4 Å². The molecule has 0 aliphatic carbocycles. The van der Waals surface area contributed by atoms with E-state index in [2.05, 4.69) is 16.0 Å². The molecule has 1 fully saturated rings. The van der Waals surface area contributed by atoms with Gasteiger partial charge in [0.05, 0.1) is 16.8 Å². The Balaban J connectivity index is 1.96. The van der Waals surface area contributed by atoms with Crippen LogP contribution in [0, 0.1) is 11.3 Å². The number of aromatic nitrogens is 1. The summed E-state index contributed by atoms with van der Waals surface area (Å²) in [5, 5.41) is 19.3. The topological polar surface area (TPSA) is 83.4 Å². The maximum Gasteiger partial charge on any atom is 0.407 e. The summed E-state index contributed by atoms with van der Waals surface area (Å²) in [5.41, 5.74) is 2.43. The lowest BCUT2D eigenvalue weighted by molar-refractivity contribution is 0.142. The first kappa shape index (κ1) is 12.4. The fourth-order valence-electron chi connectivity index (χ4n) is 2.65. The summed E-state index contributed by atoms with van der Waals surface area (Å²) in [6.07, 6.45) is 0.964. The second kappa shape index (κ2) is 4.78. The van der Waals surface area contributed by atoms with Crippen molar-refractivity contribution in [1.82, 2.24) is 9.88 Å². The normalized spacial score (nSPS) is 15.3. The molecule has 20 heavy (non-hydrogen) atoms. The number of anilines is 1. The number of piperazine rings is 1. The van der Waals surface area contributed by atoms with Crippen LogP contribution in [-0.4, -0.2) is 47.3 Å². The monoisotopic (exact) mass is 270 g/mol. The number of hydrogen-bond donors (Lipinski definition) is 2. The molecule has 0 saturated carbocycles. The molecular weight excluding hydrogens is 256 g/mol. The molecule has 1 amide bonds. The first-order chi connectivity index (χ1) is 9.70. The summed E-state index contributed by atoms with van der Waals surface area (Å²) < 4.78 is 0. The fourth-order valence-corrected chi connectivity index (χ4v) is 2.65. The minimum Gasteiger partial charge on any atom is -0.465 e. The SMILES string of the molecule is N#Cc1ccc2cc[nH]c2c1N1CCN(C(=O)O)CC1. The van der Waals surface area contributed by atoms with Crippen LogP contribution in [0.3, 0.4) is 0 Å². The summed E-state index contributed by atoms with van der Waals surface area (Å²) in [4.78, 5) is 17.6. The molecule has 2 N–H and O–H groups in total. The molecule has 102 valence electrons. The number of carboxylic acid groups (broad SMARTS) is 1. The van der Waals surface area contributed by atoms with Crippen LogP contribution >= 0.6 is 0 Å². The zero-order valence-corrected chi connectivity index (χ0v) is 10.8. The zero-order chi connectivity index (χ0) is 14.1. The standard InChI is InChI=1S/C14H14N4O2/c15-9-11-2-1-10-3-4-16-12(10)13(11)17-5-7-18(8-6-17)14(19)20/h1-4,16H,5-8H2,(H,19,20). The molecule has 2 heterocycles. The van der Waals surface area contributed by atoms with Gasteiger partial charge in [-0.3, -0.25) is 0 Å². The van der Waals surface area contributed by atoms with E-state index in [0.717, 1.165) is 16.6 Å². The van der Waals surface area contributed by atoms with Gasteiger partial charge in [-0.25, -0.2) is 4.79 Å². The van der Waals surface area contributed by atoms with Crippen LogP contribution in [0.25, 0.3) is 10.9 Å². The van der Waals surface area contributed by atoms with E-state index in [9.17, 15) is 10.1 Å². The van der Waals surface area contributed by atoms with Crippen LogP contribution in [0.1, 0.15) is 5.56 Å². The van der Waals surface area contributed by atoms with Gasteiger partial charge in [-0.1, -0.05) is 6.07 Å². The Labute approximate surface area is 115 Å². The maximum absolute atomic E-state index is 10.9. The van der Waals surface area contributed by atoms with Gasteiger partial charge in [0.1, 0.15) is 6.07 Å². The van der Waals surface area contributed by atoms with Crippen molar-refractivity contribution in [3.8, 4) is 6.07 Å². The number of hydrogen-bond acceptors (Lipinski definition) is 3. The zero-order valence-electron chi connectivity index (χ0n) is 10.8. The molecule has 0 bridgehead atoms. The van der Waals surface area contributed by atoms with Gasteiger partial charge in [-0.15, -0.1) is 0 Å². The van der Waals surface area contributed by atoms with Crippen molar-refractivity contribution in [3.63, 3.8) is 0 Å². The largest absolute Gasteiger partial charge is 0.465 e. The molecule has 1 saturated heterocycles. The van der Waals surface area contributed by atoms with Gasteiger partial charge in [0.2, 0.25) is 0 Å².